The zero-order valence-electron chi connectivity index (χ0n) is 11.1. The predicted octanol–water partition coefficient (Wildman–Crippen LogP) is 3.20. The minimum atomic E-state index is -0.0413. The molecule has 1 aromatic rings. The van der Waals surface area contributed by atoms with Gasteiger partial charge in [-0.15, -0.1) is 12.4 Å². The van der Waals surface area contributed by atoms with Crippen molar-refractivity contribution in [3.05, 3.63) is 33.8 Å². The second kappa shape index (κ2) is 8.08. The van der Waals surface area contributed by atoms with E-state index >= 15 is 0 Å². The summed E-state index contributed by atoms with van der Waals surface area (Å²) in [5.74, 6) is 0.353. The van der Waals surface area contributed by atoms with Gasteiger partial charge >= 0.3 is 0 Å². The van der Waals surface area contributed by atoms with Crippen molar-refractivity contribution < 1.29 is 4.79 Å². The van der Waals surface area contributed by atoms with Crippen LogP contribution >= 0.6 is 35.6 Å². The van der Waals surface area contributed by atoms with Gasteiger partial charge in [0.05, 0.1) is 6.42 Å². The quantitative estimate of drug-likeness (QED) is 0.886. The third-order valence-electron chi connectivity index (χ3n) is 3.71. The topological polar surface area (TPSA) is 55.1 Å². The summed E-state index contributed by atoms with van der Waals surface area (Å²) in [5.41, 5.74) is 6.39. The van der Waals surface area contributed by atoms with Crippen LogP contribution in [-0.2, 0) is 11.2 Å². The number of nitrogens with one attached hydrogen (secondary N) is 1. The van der Waals surface area contributed by atoms with E-state index in [9.17, 15) is 4.79 Å². The summed E-state index contributed by atoms with van der Waals surface area (Å²) >= 11 is 12.1. The first-order valence-corrected chi connectivity index (χ1v) is 7.29. The molecule has 0 bridgehead atoms. The molecule has 0 spiro atoms. The summed E-state index contributed by atoms with van der Waals surface area (Å²) in [7, 11) is 0. The molecule has 2 unspecified atom stereocenters. The third-order valence-corrected chi connectivity index (χ3v) is 4.42. The van der Waals surface area contributed by atoms with Crippen LogP contribution in [0.1, 0.15) is 24.8 Å². The molecule has 6 heteroatoms. The lowest BCUT2D eigenvalue weighted by atomic mass is 10.0. The van der Waals surface area contributed by atoms with E-state index in [4.69, 9.17) is 28.9 Å². The normalized spacial score (nSPS) is 21.4. The third kappa shape index (κ3) is 4.26. The highest BCUT2D eigenvalue weighted by molar-refractivity contribution is 6.36. The summed E-state index contributed by atoms with van der Waals surface area (Å²) in [6.45, 7) is 0.623. The molecular formula is C14H19Cl3N2O. The molecular weight excluding hydrogens is 319 g/mol. The first-order chi connectivity index (χ1) is 9.11. The first-order valence-electron chi connectivity index (χ1n) is 6.54. The molecule has 2 atom stereocenters. The molecule has 0 saturated heterocycles. The van der Waals surface area contributed by atoms with Crippen LogP contribution in [0.4, 0.5) is 0 Å². The molecule has 0 aliphatic heterocycles. The van der Waals surface area contributed by atoms with Crippen molar-refractivity contribution in [1.29, 1.82) is 0 Å². The standard InChI is InChI=1S/C14H18Cl2N2O.ClH/c15-11-4-2-5-12(16)10(11)7-14(19)18-13-6-1-3-9(13)8-17;/h2,4-5,9,13H,1,3,6-8,17H2,(H,18,19);1H. The van der Waals surface area contributed by atoms with Crippen molar-refractivity contribution >= 4 is 41.5 Å². The van der Waals surface area contributed by atoms with Gasteiger partial charge in [-0.25, -0.2) is 0 Å². The van der Waals surface area contributed by atoms with Gasteiger partial charge in [-0.1, -0.05) is 35.7 Å². The Labute approximate surface area is 135 Å². The van der Waals surface area contributed by atoms with E-state index in [2.05, 4.69) is 5.32 Å². The van der Waals surface area contributed by atoms with E-state index in [1.54, 1.807) is 18.2 Å². The Hall–Kier alpha value is -0.480. The fourth-order valence-corrected chi connectivity index (χ4v) is 3.16. The van der Waals surface area contributed by atoms with Crippen molar-refractivity contribution in [1.82, 2.24) is 5.32 Å². The minimum Gasteiger partial charge on any atom is -0.353 e. The second-order valence-electron chi connectivity index (χ2n) is 4.98. The fraction of sp³-hybridized carbons (Fsp3) is 0.500. The Morgan fingerprint density at radius 2 is 1.95 bits per heavy atom. The molecule has 1 aromatic carbocycles. The van der Waals surface area contributed by atoms with Gasteiger partial charge in [0.2, 0.25) is 5.91 Å². The molecule has 20 heavy (non-hydrogen) atoms. The van der Waals surface area contributed by atoms with Crippen LogP contribution < -0.4 is 11.1 Å². The van der Waals surface area contributed by atoms with Gasteiger partial charge in [-0.3, -0.25) is 4.79 Å². The van der Waals surface area contributed by atoms with Gasteiger partial charge in [0.25, 0.3) is 0 Å². The lowest BCUT2D eigenvalue weighted by molar-refractivity contribution is -0.121. The SMILES string of the molecule is Cl.NCC1CCCC1NC(=O)Cc1c(Cl)cccc1Cl. The van der Waals surface area contributed by atoms with Crippen LogP contribution in [0.15, 0.2) is 18.2 Å². The smallest absolute Gasteiger partial charge is 0.224 e. The van der Waals surface area contributed by atoms with E-state index < -0.39 is 0 Å². The molecule has 1 aliphatic carbocycles. The highest BCUT2D eigenvalue weighted by atomic mass is 35.5. The van der Waals surface area contributed by atoms with Crippen molar-refractivity contribution in [2.45, 2.75) is 31.7 Å². The maximum Gasteiger partial charge on any atom is 0.224 e. The molecule has 112 valence electrons. The number of hydrogen-bond donors (Lipinski definition) is 2. The molecule has 0 heterocycles. The molecule has 1 fully saturated rings. The van der Waals surface area contributed by atoms with E-state index in [-0.39, 0.29) is 30.8 Å². The summed E-state index contributed by atoms with van der Waals surface area (Å²) in [6.07, 6.45) is 3.43. The van der Waals surface area contributed by atoms with E-state index in [0.29, 0.717) is 28.1 Å². The summed E-state index contributed by atoms with van der Waals surface area (Å²) in [5, 5.41) is 4.11. The molecule has 1 aliphatic rings. The van der Waals surface area contributed by atoms with Crippen molar-refractivity contribution in [3.8, 4) is 0 Å². The van der Waals surface area contributed by atoms with Gasteiger partial charge < -0.3 is 11.1 Å². The van der Waals surface area contributed by atoms with Crippen molar-refractivity contribution in [3.63, 3.8) is 0 Å². The van der Waals surface area contributed by atoms with E-state index in [0.717, 1.165) is 19.3 Å². The minimum absolute atomic E-state index is 0. The summed E-state index contributed by atoms with van der Waals surface area (Å²) in [4.78, 5) is 12.1. The molecule has 3 N–H and O–H groups in total. The number of amides is 1. The number of rotatable bonds is 4. The number of halogens is 3. The first kappa shape index (κ1) is 17.6. The average molecular weight is 338 g/mol. The van der Waals surface area contributed by atoms with Crippen LogP contribution in [0, 0.1) is 5.92 Å². The van der Waals surface area contributed by atoms with Gasteiger partial charge in [0.15, 0.2) is 0 Å². The Balaban J connectivity index is 0.00000200. The van der Waals surface area contributed by atoms with Crippen molar-refractivity contribution in [2.24, 2.45) is 11.7 Å². The fourth-order valence-electron chi connectivity index (χ4n) is 2.63. The summed E-state index contributed by atoms with van der Waals surface area (Å²) < 4.78 is 0. The maximum absolute atomic E-state index is 12.1. The molecule has 1 amide bonds. The molecule has 0 aromatic heterocycles. The Morgan fingerprint density at radius 1 is 1.30 bits per heavy atom. The Morgan fingerprint density at radius 3 is 2.55 bits per heavy atom. The number of nitrogens with two attached hydrogens (primary N) is 1. The second-order valence-corrected chi connectivity index (χ2v) is 5.79. The lowest BCUT2D eigenvalue weighted by Gasteiger charge is -2.19. The predicted molar refractivity (Wildman–Crippen MR) is 85.7 cm³/mol. The van der Waals surface area contributed by atoms with Gasteiger partial charge in [-0.05, 0) is 43.0 Å². The van der Waals surface area contributed by atoms with Crippen LogP contribution in [0.25, 0.3) is 0 Å². The van der Waals surface area contributed by atoms with Crippen LogP contribution in [0.5, 0.6) is 0 Å². The zero-order chi connectivity index (χ0) is 13.8. The van der Waals surface area contributed by atoms with Gasteiger partial charge in [-0.2, -0.15) is 0 Å². The number of benzene rings is 1. The van der Waals surface area contributed by atoms with E-state index in [1.807, 2.05) is 0 Å². The Kier molecular flexibility index (Phi) is 7.10. The van der Waals surface area contributed by atoms with Gasteiger partial charge in [0.1, 0.15) is 0 Å². The Bertz CT molecular complexity index is 447. The van der Waals surface area contributed by atoms with Crippen LogP contribution in [0.3, 0.4) is 0 Å². The molecule has 2 rings (SSSR count). The van der Waals surface area contributed by atoms with Crippen LogP contribution in [0.2, 0.25) is 10.0 Å². The average Bonchev–Trinajstić information content (AvgIpc) is 2.81. The zero-order valence-corrected chi connectivity index (χ0v) is 13.4. The van der Waals surface area contributed by atoms with Gasteiger partial charge in [0, 0.05) is 16.1 Å². The maximum atomic E-state index is 12.1. The van der Waals surface area contributed by atoms with E-state index in [1.165, 1.54) is 0 Å². The highest BCUT2D eigenvalue weighted by Crippen LogP contribution is 2.26. The lowest BCUT2D eigenvalue weighted by Crippen LogP contribution is -2.40. The highest BCUT2D eigenvalue weighted by Gasteiger charge is 2.27. The molecule has 0 radical (unpaired) electrons. The number of carbonyl (C=O) groups excluding carboxylic acids is 1. The largest absolute Gasteiger partial charge is 0.353 e. The number of carbonyl (C=O) groups is 1. The number of hydrogen-bond acceptors (Lipinski definition) is 2. The molecule has 1 saturated carbocycles. The summed E-state index contributed by atoms with van der Waals surface area (Å²) in [6, 6.07) is 5.45. The molecule has 3 nitrogen and oxygen atoms in total. The van der Waals surface area contributed by atoms with Crippen LogP contribution in [-0.4, -0.2) is 18.5 Å². The van der Waals surface area contributed by atoms with Crippen molar-refractivity contribution in [2.75, 3.05) is 6.54 Å². The monoisotopic (exact) mass is 336 g/mol.